The molecule has 60 valence electrons. The first-order valence-electron chi connectivity index (χ1n) is 3.05. The van der Waals surface area contributed by atoms with E-state index < -0.39 is 5.97 Å². The zero-order chi connectivity index (χ0) is 8.27. The van der Waals surface area contributed by atoms with E-state index >= 15 is 0 Å². The summed E-state index contributed by atoms with van der Waals surface area (Å²) < 4.78 is 9.17. The van der Waals surface area contributed by atoms with Crippen molar-refractivity contribution < 1.29 is 19.1 Å². The molecule has 0 aliphatic rings. The smallest absolute Gasteiger partial charge is 0.374 e. The predicted octanol–water partition coefficient (Wildman–Crippen LogP) is 0.558. The van der Waals surface area contributed by atoms with Crippen molar-refractivity contribution in [3.8, 4) is 0 Å². The molecule has 0 bridgehead atoms. The van der Waals surface area contributed by atoms with E-state index in [1.807, 2.05) is 0 Å². The normalized spacial score (nSPS) is 9.64. The molecule has 1 aromatic rings. The van der Waals surface area contributed by atoms with Crippen LogP contribution in [-0.4, -0.2) is 18.2 Å². The third kappa shape index (κ3) is 1.40. The molecule has 1 N–H and O–H groups in total. The average molecular weight is 156 g/mol. The Balaban J connectivity index is 2.92. The molecule has 0 aromatic carbocycles. The van der Waals surface area contributed by atoms with Crippen LogP contribution in [0.15, 0.2) is 16.7 Å². The molecule has 1 aromatic heterocycles. The maximum Gasteiger partial charge on any atom is 0.374 e. The van der Waals surface area contributed by atoms with Crippen LogP contribution in [-0.2, 0) is 11.3 Å². The van der Waals surface area contributed by atoms with Gasteiger partial charge in [0.15, 0.2) is 0 Å². The molecule has 4 heteroatoms. The first-order chi connectivity index (χ1) is 5.29. The zero-order valence-electron chi connectivity index (χ0n) is 6.03. The molecule has 1 rings (SSSR count). The molecule has 0 unspecified atom stereocenters. The van der Waals surface area contributed by atoms with Gasteiger partial charge in [0.2, 0.25) is 5.76 Å². The summed E-state index contributed by atoms with van der Waals surface area (Å²) >= 11 is 0. The van der Waals surface area contributed by atoms with Crippen molar-refractivity contribution in [2.24, 2.45) is 0 Å². The van der Waals surface area contributed by atoms with E-state index in [9.17, 15) is 4.79 Å². The second kappa shape index (κ2) is 3.21. The van der Waals surface area contributed by atoms with Crippen molar-refractivity contribution in [2.45, 2.75) is 6.61 Å². The van der Waals surface area contributed by atoms with Crippen molar-refractivity contribution in [3.63, 3.8) is 0 Å². The molecule has 0 saturated carbocycles. The molecular formula is C7H8O4. The number of rotatable bonds is 2. The minimum atomic E-state index is -0.570. The van der Waals surface area contributed by atoms with Crippen LogP contribution >= 0.6 is 0 Å². The molecule has 0 saturated heterocycles. The lowest BCUT2D eigenvalue weighted by Gasteiger charge is -1.95. The maximum absolute atomic E-state index is 10.8. The maximum atomic E-state index is 10.8. The highest BCUT2D eigenvalue weighted by atomic mass is 16.5. The second-order valence-electron chi connectivity index (χ2n) is 1.92. The van der Waals surface area contributed by atoms with Gasteiger partial charge in [-0.05, 0) is 6.07 Å². The molecular weight excluding hydrogens is 148 g/mol. The summed E-state index contributed by atoms with van der Waals surface area (Å²) in [6.07, 6.45) is 1.33. The molecule has 0 amide bonds. The monoisotopic (exact) mass is 156 g/mol. The van der Waals surface area contributed by atoms with E-state index in [2.05, 4.69) is 4.74 Å². The summed E-state index contributed by atoms with van der Waals surface area (Å²) in [5, 5.41) is 8.68. The second-order valence-corrected chi connectivity index (χ2v) is 1.92. The third-order valence-electron chi connectivity index (χ3n) is 1.29. The summed E-state index contributed by atoms with van der Waals surface area (Å²) in [7, 11) is 1.26. The zero-order valence-corrected chi connectivity index (χ0v) is 6.03. The van der Waals surface area contributed by atoms with Crippen molar-refractivity contribution in [3.05, 3.63) is 23.7 Å². The van der Waals surface area contributed by atoms with Gasteiger partial charge in [0.1, 0.15) is 0 Å². The van der Waals surface area contributed by atoms with Crippen LogP contribution in [0.4, 0.5) is 0 Å². The Morgan fingerprint density at radius 2 is 2.55 bits per heavy atom. The van der Waals surface area contributed by atoms with Gasteiger partial charge in [0, 0.05) is 5.56 Å². The molecule has 0 atom stereocenters. The van der Waals surface area contributed by atoms with Gasteiger partial charge in [0.25, 0.3) is 0 Å². The number of hydrogen-bond donors (Lipinski definition) is 1. The van der Waals surface area contributed by atoms with E-state index in [1.165, 1.54) is 19.4 Å². The average Bonchev–Trinajstić information content (AvgIpc) is 2.50. The van der Waals surface area contributed by atoms with Crippen LogP contribution in [0, 0.1) is 0 Å². The molecule has 11 heavy (non-hydrogen) atoms. The Hall–Kier alpha value is -1.29. The minimum absolute atomic E-state index is 0.0648. The summed E-state index contributed by atoms with van der Waals surface area (Å²) in [5.74, 6) is -0.506. The summed E-state index contributed by atoms with van der Waals surface area (Å²) in [5.41, 5.74) is 0.442. The molecule has 0 radical (unpaired) electrons. The number of carbonyl (C=O) groups is 1. The number of aliphatic hydroxyl groups excluding tert-OH is 1. The van der Waals surface area contributed by atoms with Gasteiger partial charge < -0.3 is 14.3 Å². The molecule has 0 fully saturated rings. The van der Waals surface area contributed by atoms with Gasteiger partial charge in [-0.25, -0.2) is 4.79 Å². The van der Waals surface area contributed by atoms with Crippen LogP contribution in [0.3, 0.4) is 0 Å². The van der Waals surface area contributed by atoms with Crippen LogP contribution in [0.1, 0.15) is 16.1 Å². The van der Waals surface area contributed by atoms with Gasteiger partial charge in [-0.3, -0.25) is 0 Å². The number of furan rings is 1. The van der Waals surface area contributed by atoms with E-state index in [1.54, 1.807) is 0 Å². The first kappa shape index (κ1) is 7.81. The lowest BCUT2D eigenvalue weighted by atomic mass is 10.3. The minimum Gasteiger partial charge on any atom is -0.463 e. The highest BCUT2D eigenvalue weighted by molar-refractivity contribution is 5.87. The van der Waals surface area contributed by atoms with E-state index in [4.69, 9.17) is 9.52 Å². The number of ether oxygens (including phenoxy) is 1. The summed E-state index contributed by atoms with van der Waals surface area (Å²) in [4.78, 5) is 10.8. The van der Waals surface area contributed by atoms with E-state index in [0.717, 1.165) is 0 Å². The molecule has 4 nitrogen and oxygen atoms in total. The summed E-state index contributed by atoms with van der Waals surface area (Å²) in [6.45, 7) is -0.221. The standard InChI is InChI=1S/C7H8O4/c1-10-7(9)6-5(4-8)2-3-11-6/h2-3,8H,4H2,1H3. The van der Waals surface area contributed by atoms with Crippen LogP contribution in [0.2, 0.25) is 0 Å². The highest BCUT2D eigenvalue weighted by Gasteiger charge is 2.14. The molecule has 0 aliphatic carbocycles. The van der Waals surface area contributed by atoms with Crippen LogP contribution in [0.25, 0.3) is 0 Å². The fourth-order valence-corrected chi connectivity index (χ4v) is 0.732. The Morgan fingerprint density at radius 1 is 1.82 bits per heavy atom. The van der Waals surface area contributed by atoms with Gasteiger partial charge in [-0.15, -0.1) is 0 Å². The van der Waals surface area contributed by atoms with Gasteiger partial charge in [-0.1, -0.05) is 0 Å². The third-order valence-corrected chi connectivity index (χ3v) is 1.29. The van der Waals surface area contributed by atoms with Gasteiger partial charge in [-0.2, -0.15) is 0 Å². The van der Waals surface area contributed by atoms with Gasteiger partial charge in [0.05, 0.1) is 20.0 Å². The van der Waals surface area contributed by atoms with Crippen molar-refractivity contribution >= 4 is 5.97 Å². The number of hydrogen-bond acceptors (Lipinski definition) is 4. The topological polar surface area (TPSA) is 59.7 Å². The first-order valence-corrected chi connectivity index (χ1v) is 3.05. The molecule has 0 spiro atoms. The predicted molar refractivity (Wildman–Crippen MR) is 36.0 cm³/mol. The van der Waals surface area contributed by atoms with E-state index in [0.29, 0.717) is 5.56 Å². The fourth-order valence-electron chi connectivity index (χ4n) is 0.732. The lowest BCUT2D eigenvalue weighted by Crippen LogP contribution is -2.02. The van der Waals surface area contributed by atoms with Crippen molar-refractivity contribution in [2.75, 3.05) is 7.11 Å². The number of methoxy groups -OCH3 is 1. The van der Waals surface area contributed by atoms with Crippen molar-refractivity contribution in [1.29, 1.82) is 0 Å². The van der Waals surface area contributed by atoms with E-state index in [-0.39, 0.29) is 12.4 Å². The Labute approximate surface area is 63.4 Å². The van der Waals surface area contributed by atoms with Gasteiger partial charge >= 0.3 is 5.97 Å². The number of esters is 1. The van der Waals surface area contributed by atoms with Crippen molar-refractivity contribution in [1.82, 2.24) is 0 Å². The number of aliphatic hydroxyl groups is 1. The largest absolute Gasteiger partial charge is 0.463 e. The van der Waals surface area contributed by atoms with Crippen LogP contribution < -0.4 is 0 Å². The quantitative estimate of drug-likeness (QED) is 0.635. The lowest BCUT2D eigenvalue weighted by molar-refractivity contribution is 0.0560. The Bertz CT molecular complexity index is 251. The Kier molecular flexibility index (Phi) is 2.28. The highest BCUT2D eigenvalue weighted by Crippen LogP contribution is 2.10. The Morgan fingerprint density at radius 3 is 3.09 bits per heavy atom. The van der Waals surface area contributed by atoms with Crippen LogP contribution in [0.5, 0.6) is 0 Å². The molecule has 1 heterocycles. The summed E-state index contributed by atoms with van der Waals surface area (Å²) in [6, 6.07) is 1.52. The fraction of sp³-hybridized carbons (Fsp3) is 0.286. The SMILES string of the molecule is COC(=O)c1occc1CO. The molecule has 0 aliphatic heterocycles. The number of carbonyl (C=O) groups excluding carboxylic acids is 1.